The van der Waals surface area contributed by atoms with Crippen molar-refractivity contribution in [2.24, 2.45) is 0 Å². The van der Waals surface area contributed by atoms with Gasteiger partial charge in [-0.1, -0.05) is 60.9 Å². The van der Waals surface area contributed by atoms with Gasteiger partial charge in [0.2, 0.25) is 11.8 Å². The fourth-order valence-electron chi connectivity index (χ4n) is 5.06. The largest absolute Gasteiger partial charge is 0.497 e. The summed E-state index contributed by atoms with van der Waals surface area (Å²) in [6, 6.07) is 19.1. The standard InChI is InChI=1S/C29H30FN5O3/c1-38-22-13-9-10-20(18-22)28(29(37)31-21-11-3-2-4-12-21)35(25-16-7-5-14-23(25)30)27(36)19-34-26-17-8-6-15-24(26)32-33-34/h5-10,13-18,21,28H,2-4,11-12,19H2,1H3,(H,31,37)/t28-/m0/s1. The maximum atomic E-state index is 15.3. The fraction of sp³-hybridized carbons (Fsp3) is 0.310. The van der Waals surface area contributed by atoms with E-state index >= 15 is 4.39 Å². The lowest BCUT2D eigenvalue weighted by molar-refractivity contribution is -0.127. The maximum Gasteiger partial charge on any atom is 0.249 e. The Hall–Kier alpha value is -4.27. The number of rotatable bonds is 8. The van der Waals surface area contributed by atoms with Crippen molar-refractivity contribution >= 4 is 28.5 Å². The lowest BCUT2D eigenvalue weighted by Crippen LogP contribution is -2.48. The number of anilines is 1. The van der Waals surface area contributed by atoms with Gasteiger partial charge in [-0.15, -0.1) is 5.10 Å². The summed E-state index contributed by atoms with van der Waals surface area (Å²) in [6.07, 6.45) is 4.94. The van der Waals surface area contributed by atoms with E-state index in [1.165, 1.54) is 28.8 Å². The fourth-order valence-corrected chi connectivity index (χ4v) is 5.06. The number of carbonyl (C=O) groups excluding carboxylic acids is 2. The Balaban J connectivity index is 1.58. The third kappa shape index (κ3) is 5.37. The molecule has 5 rings (SSSR count). The third-order valence-corrected chi connectivity index (χ3v) is 6.95. The van der Waals surface area contributed by atoms with Gasteiger partial charge < -0.3 is 10.1 Å². The monoisotopic (exact) mass is 515 g/mol. The van der Waals surface area contributed by atoms with E-state index in [2.05, 4.69) is 15.6 Å². The van der Waals surface area contributed by atoms with Crippen LogP contribution in [0.2, 0.25) is 0 Å². The zero-order valence-corrected chi connectivity index (χ0v) is 21.2. The Labute approximate surface area is 220 Å². The zero-order chi connectivity index (χ0) is 26.5. The van der Waals surface area contributed by atoms with Gasteiger partial charge in [-0.25, -0.2) is 9.07 Å². The molecule has 0 aliphatic heterocycles. The quantitative estimate of drug-likeness (QED) is 0.364. The van der Waals surface area contributed by atoms with Crippen molar-refractivity contribution in [2.45, 2.75) is 50.7 Å². The number of nitrogens with zero attached hydrogens (tertiary/aromatic N) is 4. The van der Waals surface area contributed by atoms with Crippen molar-refractivity contribution in [2.75, 3.05) is 12.0 Å². The van der Waals surface area contributed by atoms with Gasteiger partial charge in [-0.3, -0.25) is 14.5 Å². The van der Waals surface area contributed by atoms with Crippen LogP contribution in [0.4, 0.5) is 10.1 Å². The predicted octanol–water partition coefficient (Wildman–Crippen LogP) is 4.80. The molecule has 0 radical (unpaired) electrons. The second kappa shape index (κ2) is 11.4. The van der Waals surface area contributed by atoms with Gasteiger partial charge in [-0.2, -0.15) is 0 Å². The number of ether oxygens (including phenoxy) is 1. The Bertz CT molecular complexity index is 1430. The van der Waals surface area contributed by atoms with Crippen molar-refractivity contribution in [1.29, 1.82) is 0 Å². The van der Waals surface area contributed by atoms with Crippen LogP contribution >= 0.6 is 0 Å². The molecular weight excluding hydrogens is 485 g/mol. The first-order chi connectivity index (χ1) is 18.5. The van der Waals surface area contributed by atoms with Crippen LogP contribution in [0.1, 0.15) is 43.7 Å². The molecule has 38 heavy (non-hydrogen) atoms. The predicted molar refractivity (Wildman–Crippen MR) is 142 cm³/mol. The van der Waals surface area contributed by atoms with Crippen LogP contribution in [-0.4, -0.2) is 40.0 Å². The number of halogens is 1. The van der Waals surface area contributed by atoms with E-state index < -0.39 is 17.8 Å². The number of para-hydroxylation sites is 2. The van der Waals surface area contributed by atoms with E-state index in [0.717, 1.165) is 32.1 Å². The average Bonchev–Trinajstić information content (AvgIpc) is 3.35. The molecule has 1 heterocycles. The van der Waals surface area contributed by atoms with E-state index in [-0.39, 0.29) is 24.2 Å². The molecule has 1 aliphatic rings. The molecular formula is C29H30FN5O3. The van der Waals surface area contributed by atoms with Gasteiger partial charge in [-0.05, 0) is 54.8 Å². The zero-order valence-electron chi connectivity index (χ0n) is 21.2. The number of hydrogen-bond donors (Lipinski definition) is 1. The highest BCUT2D eigenvalue weighted by Crippen LogP contribution is 2.32. The SMILES string of the molecule is COc1cccc([C@@H](C(=O)NC2CCCCC2)N(C(=O)Cn2nnc3ccccc32)c2ccccc2F)c1. The van der Waals surface area contributed by atoms with Crippen LogP contribution in [0.3, 0.4) is 0 Å². The minimum atomic E-state index is -1.13. The van der Waals surface area contributed by atoms with Crippen molar-refractivity contribution in [1.82, 2.24) is 20.3 Å². The van der Waals surface area contributed by atoms with Gasteiger partial charge in [0.15, 0.2) is 0 Å². The van der Waals surface area contributed by atoms with E-state index in [1.54, 1.807) is 42.5 Å². The molecule has 0 spiro atoms. The Morgan fingerprint density at radius 1 is 1.05 bits per heavy atom. The van der Waals surface area contributed by atoms with Gasteiger partial charge in [0.1, 0.15) is 29.7 Å². The molecule has 0 unspecified atom stereocenters. The minimum Gasteiger partial charge on any atom is -0.497 e. The first-order valence-electron chi connectivity index (χ1n) is 12.8. The molecule has 1 N–H and O–H groups in total. The smallest absolute Gasteiger partial charge is 0.249 e. The summed E-state index contributed by atoms with van der Waals surface area (Å²) in [5, 5.41) is 11.4. The molecule has 1 fully saturated rings. The van der Waals surface area contributed by atoms with E-state index in [0.29, 0.717) is 22.3 Å². The van der Waals surface area contributed by atoms with Crippen molar-refractivity contribution < 1.29 is 18.7 Å². The molecule has 8 nitrogen and oxygen atoms in total. The second-order valence-corrected chi connectivity index (χ2v) is 9.47. The Morgan fingerprint density at radius 3 is 2.61 bits per heavy atom. The molecule has 4 aromatic rings. The Morgan fingerprint density at radius 2 is 1.82 bits per heavy atom. The molecule has 1 aromatic heterocycles. The molecule has 1 saturated carbocycles. The van der Waals surface area contributed by atoms with Crippen LogP contribution in [0, 0.1) is 5.82 Å². The highest BCUT2D eigenvalue weighted by atomic mass is 19.1. The number of hydrogen-bond acceptors (Lipinski definition) is 5. The second-order valence-electron chi connectivity index (χ2n) is 9.47. The summed E-state index contributed by atoms with van der Waals surface area (Å²) in [5.74, 6) is -0.952. The molecule has 0 saturated heterocycles. The molecule has 1 atom stereocenters. The van der Waals surface area contributed by atoms with Gasteiger partial charge >= 0.3 is 0 Å². The first-order valence-corrected chi connectivity index (χ1v) is 12.8. The van der Waals surface area contributed by atoms with Crippen LogP contribution in [0.5, 0.6) is 5.75 Å². The number of aromatic nitrogens is 3. The van der Waals surface area contributed by atoms with Gasteiger partial charge in [0, 0.05) is 6.04 Å². The molecule has 3 aromatic carbocycles. The van der Waals surface area contributed by atoms with E-state index in [9.17, 15) is 9.59 Å². The summed E-state index contributed by atoms with van der Waals surface area (Å²) in [7, 11) is 1.53. The van der Waals surface area contributed by atoms with Crippen LogP contribution in [-0.2, 0) is 16.1 Å². The summed E-state index contributed by atoms with van der Waals surface area (Å²) >= 11 is 0. The lowest BCUT2D eigenvalue weighted by atomic mass is 9.94. The topological polar surface area (TPSA) is 89.4 Å². The van der Waals surface area contributed by atoms with Crippen LogP contribution in [0.15, 0.2) is 72.8 Å². The van der Waals surface area contributed by atoms with Crippen molar-refractivity contribution in [3.8, 4) is 5.75 Å². The van der Waals surface area contributed by atoms with Crippen LogP contribution < -0.4 is 15.0 Å². The number of nitrogens with one attached hydrogen (secondary N) is 1. The maximum absolute atomic E-state index is 15.3. The highest BCUT2D eigenvalue weighted by Gasteiger charge is 2.36. The number of amides is 2. The highest BCUT2D eigenvalue weighted by molar-refractivity contribution is 6.01. The minimum absolute atomic E-state index is 0.00110. The number of fused-ring (bicyclic) bond motifs is 1. The summed E-state index contributed by atoms with van der Waals surface area (Å²) in [5.41, 5.74) is 1.82. The summed E-state index contributed by atoms with van der Waals surface area (Å²) in [6.45, 7) is -0.230. The van der Waals surface area contributed by atoms with Crippen molar-refractivity contribution in [3.05, 3.63) is 84.2 Å². The molecule has 1 aliphatic carbocycles. The molecule has 196 valence electrons. The Kier molecular flexibility index (Phi) is 7.62. The normalized spacial score (nSPS) is 14.7. The third-order valence-electron chi connectivity index (χ3n) is 6.95. The van der Waals surface area contributed by atoms with Crippen molar-refractivity contribution in [3.63, 3.8) is 0 Å². The average molecular weight is 516 g/mol. The summed E-state index contributed by atoms with van der Waals surface area (Å²) < 4.78 is 22.2. The molecule has 2 amide bonds. The number of carbonyl (C=O) groups is 2. The van der Waals surface area contributed by atoms with E-state index in [4.69, 9.17) is 4.74 Å². The number of methoxy groups -OCH3 is 1. The molecule has 9 heteroatoms. The van der Waals surface area contributed by atoms with Gasteiger partial charge in [0.05, 0.1) is 18.3 Å². The number of benzene rings is 3. The van der Waals surface area contributed by atoms with Gasteiger partial charge in [0.25, 0.3) is 0 Å². The van der Waals surface area contributed by atoms with Crippen LogP contribution in [0.25, 0.3) is 11.0 Å². The first kappa shape index (κ1) is 25.4. The lowest BCUT2D eigenvalue weighted by Gasteiger charge is -2.33. The summed E-state index contributed by atoms with van der Waals surface area (Å²) in [4.78, 5) is 29.2. The van der Waals surface area contributed by atoms with E-state index in [1.807, 2.05) is 18.2 Å². The molecule has 0 bridgehead atoms.